The van der Waals surface area contributed by atoms with Crippen molar-refractivity contribution >= 4 is 18.3 Å². The Morgan fingerprint density at radius 2 is 2.05 bits per heavy atom. The second-order valence-corrected chi connectivity index (χ2v) is 5.24. The quantitative estimate of drug-likeness (QED) is 0.812. The molecule has 1 aromatic carbocycles. The minimum atomic E-state index is -4.61. The van der Waals surface area contributed by atoms with Crippen molar-refractivity contribution in [2.75, 3.05) is 6.54 Å². The van der Waals surface area contributed by atoms with Crippen molar-refractivity contribution in [2.45, 2.75) is 38.0 Å². The molecule has 3 nitrogen and oxygen atoms in total. The van der Waals surface area contributed by atoms with Crippen LogP contribution in [0.1, 0.15) is 35.7 Å². The lowest BCUT2D eigenvalue weighted by atomic mass is 10.00. The van der Waals surface area contributed by atoms with Crippen molar-refractivity contribution in [3.05, 3.63) is 35.1 Å². The van der Waals surface area contributed by atoms with E-state index in [0.717, 1.165) is 0 Å². The number of hydrogen-bond donors (Lipinski definition) is 2. The molecule has 1 amide bonds. The van der Waals surface area contributed by atoms with Crippen LogP contribution in [0.25, 0.3) is 0 Å². The second kappa shape index (κ2) is 7.28. The highest BCUT2D eigenvalue weighted by Gasteiger charge is 2.32. The summed E-state index contributed by atoms with van der Waals surface area (Å²) < 4.78 is 51.4. The lowest BCUT2D eigenvalue weighted by molar-refractivity contribution is -0.137. The van der Waals surface area contributed by atoms with E-state index < -0.39 is 29.0 Å². The zero-order valence-corrected chi connectivity index (χ0v) is 12.7. The predicted octanol–water partition coefficient (Wildman–Crippen LogP) is 3.14. The fourth-order valence-electron chi connectivity index (χ4n) is 2.40. The average molecular weight is 341 g/mol. The van der Waals surface area contributed by atoms with E-state index in [9.17, 15) is 22.4 Å². The SMILES string of the molecule is CC1CC(NC(=O)c2cc(C(F)(F)F)ccc2F)CCN1.Cl. The van der Waals surface area contributed by atoms with Gasteiger partial charge in [0.2, 0.25) is 0 Å². The van der Waals surface area contributed by atoms with Gasteiger partial charge in [0.05, 0.1) is 11.1 Å². The van der Waals surface area contributed by atoms with Crippen LogP contribution in [0.15, 0.2) is 18.2 Å². The highest BCUT2D eigenvalue weighted by atomic mass is 35.5. The summed E-state index contributed by atoms with van der Waals surface area (Å²) >= 11 is 0. The van der Waals surface area contributed by atoms with Gasteiger partial charge < -0.3 is 10.6 Å². The van der Waals surface area contributed by atoms with Gasteiger partial charge in [0.15, 0.2) is 0 Å². The first-order chi connectivity index (χ1) is 9.77. The fraction of sp³-hybridized carbons (Fsp3) is 0.500. The van der Waals surface area contributed by atoms with Crippen molar-refractivity contribution in [3.63, 3.8) is 0 Å². The van der Waals surface area contributed by atoms with Gasteiger partial charge >= 0.3 is 6.18 Å². The summed E-state index contributed by atoms with van der Waals surface area (Å²) in [6, 6.07) is 1.88. The molecule has 0 saturated carbocycles. The largest absolute Gasteiger partial charge is 0.416 e. The summed E-state index contributed by atoms with van der Waals surface area (Å²) in [4.78, 5) is 12.0. The minimum Gasteiger partial charge on any atom is -0.349 e. The molecule has 1 saturated heterocycles. The van der Waals surface area contributed by atoms with Crippen LogP contribution in [0.3, 0.4) is 0 Å². The van der Waals surface area contributed by atoms with Gasteiger partial charge in [-0.15, -0.1) is 12.4 Å². The molecule has 1 aliphatic rings. The smallest absolute Gasteiger partial charge is 0.349 e. The van der Waals surface area contributed by atoms with Crippen LogP contribution in [0.5, 0.6) is 0 Å². The minimum absolute atomic E-state index is 0. The van der Waals surface area contributed by atoms with Crippen molar-refractivity contribution in [3.8, 4) is 0 Å². The van der Waals surface area contributed by atoms with E-state index in [0.29, 0.717) is 37.6 Å². The van der Waals surface area contributed by atoms with Gasteiger partial charge in [-0.1, -0.05) is 0 Å². The van der Waals surface area contributed by atoms with Crippen molar-refractivity contribution in [2.24, 2.45) is 0 Å². The Hall–Kier alpha value is -1.34. The van der Waals surface area contributed by atoms with Crippen LogP contribution in [-0.4, -0.2) is 24.5 Å². The van der Waals surface area contributed by atoms with Gasteiger partial charge in [-0.25, -0.2) is 4.39 Å². The van der Waals surface area contributed by atoms with E-state index in [-0.39, 0.29) is 24.5 Å². The lowest BCUT2D eigenvalue weighted by Gasteiger charge is -2.28. The van der Waals surface area contributed by atoms with Gasteiger partial charge in [-0.3, -0.25) is 4.79 Å². The van der Waals surface area contributed by atoms with Crippen LogP contribution < -0.4 is 10.6 Å². The maximum absolute atomic E-state index is 13.6. The standard InChI is InChI=1S/C14H16F4N2O.ClH/c1-8-6-10(4-5-19-8)20-13(21)11-7-9(14(16,17)18)2-3-12(11)15;/h2-3,7-8,10,19H,4-6H2,1H3,(H,20,21);1H. The van der Waals surface area contributed by atoms with Gasteiger partial charge in [-0.2, -0.15) is 13.2 Å². The predicted molar refractivity (Wildman–Crippen MR) is 76.6 cm³/mol. The molecule has 2 atom stereocenters. The molecular weight excluding hydrogens is 324 g/mol. The van der Waals surface area contributed by atoms with Crippen LogP contribution in [-0.2, 0) is 6.18 Å². The molecule has 8 heteroatoms. The van der Waals surface area contributed by atoms with Gasteiger partial charge in [-0.05, 0) is 44.5 Å². The Labute approximate surface area is 131 Å². The topological polar surface area (TPSA) is 41.1 Å². The summed E-state index contributed by atoms with van der Waals surface area (Å²) in [6.45, 7) is 2.65. The Morgan fingerprint density at radius 1 is 1.36 bits per heavy atom. The first-order valence-corrected chi connectivity index (χ1v) is 6.68. The molecule has 1 aromatic rings. The Balaban J connectivity index is 0.00000242. The number of carbonyl (C=O) groups excluding carboxylic acids is 1. The van der Waals surface area contributed by atoms with Crippen molar-refractivity contribution in [1.82, 2.24) is 10.6 Å². The van der Waals surface area contributed by atoms with E-state index in [4.69, 9.17) is 0 Å². The molecule has 0 aromatic heterocycles. The normalized spacial score (nSPS) is 21.9. The van der Waals surface area contributed by atoms with E-state index in [1.807, 2.05) is 6.92 Å². The van der Waals surface area contributed by atoms with Crippen molar-refractivity contribution < 1.29 is 22.4 Å². The van der Waals surface area contributed by atoms with Crippen LogP contribution >= 0.6 is 12.4 Å². The summed E-state index contributed by atoms with van der Waals surface area (Å²) in [6.07, 6.45) is -3.28. The maximum atomic E-state index is 13.6. The number of benzene rings is 1. The molecular formula is C14H17ClF4N2O. The van der Waals surface area contributed by atoms with Gasteiger partial charge in [0.1, 0.15) is 5.82 Å². The van der Waals surface area contributed by atoms with E-state index in [2.05, 4.69) is 10.6 Å². The molecule has 2 N–H and O–H groups in total. The third-order valence-corrected chi connectivity index (χ3v) is 3.50. The zero-order valence-electron chi connectivity index (χ0n) is 11.8. The van der Waals surface area contributed by atoms with E-state index in [1.165, 1.54) is 0 Å². The van der Waals surface area contributed by atoms with Crippen molar-refractivity contribution in [1.29, 1.82) is 0 Å². The first-order valence-electron chi connectivity index (χ1n) is 6.68. The molecule has 1 aliphatic heterocycles. The molecule has 2 rings (SSSR count). The number of nitrogens with one attached hydrogen (secondary N) is 2. The molecule has 1 heterocycles. The Bertz CT molecular complexity index is 536. The number of halogens is 5. The molecule has 2 unspecified atom stereocenters. The summed E-state index contributed by atoms with van der Waals surface area (Å²) in [5, 5.41) is 5.79. The summed E-state index contributed by atoms with van der Waals surface area (Å²) in [7, 11) is 0. The molecule has 0 aliphatic carbocycles. The maximum Gasteiger partial charge on any atom is 0.416 e. The van der Waals surface area contributed by atoms with E-state index in [1.54, 1.807) is 0 Å². The number of alkyl halides is 3. The van der Waals surface area contributed by atoms with Crippen LogP contribution in [0.2, 0.25) is 0 Å². The monoisotopic (exact) mass is 340 g/mol. The van der Waals surface area contributed by atoms with Crippen LogP contribution in [0, 0.1) is 5.82 Å². The highest BCUT2D eigenvalue weighted by molar-refractivity contribution is 5.94. The molecule has 0 radical (unpaired) electrons. The Kier molecular flexibility index (Phi) is 6.19. The zero-order chi connectivity index (χ0) is 15.6. The van der Waals surface area contributed by atoms with E-state index >= 15 is 0 Å². The molecule has 22 heavy (non-hydrogen) atoms. The number of hydrogen-bond acceptors (Lipinski definition) is 2. The van der Waals surface area contributed by atoms with Gasteiger partial charge in [0.25, 0.3) is 5.91 Å². The second-order valence-electron chi connectivity index (χ2n) is 5.24. The average Bonchev–Trinajstić information content (AvgIpc) is 2.37. The number of rotatable bonds is 2. The lowest BCUT2D eigenvalue weighted by Crippen LogP contribution is -2.46. The summed E-state index contributed by atoms with van der Waals surface area (Å²) in [5.74, 6) is -1.76. The number of amides is 1. The van der Waals surface area contributed by atoms with Crippen LogP contribution in [0.4, 0.5) is 17.6 Å². The fourth-order valence-corrected chi connectivity index (χ4v) is 2.40. The third kappa shape index (κ3) is 4.58. The van der Waals surface area contributed by atoms with Gasteiger partial charge in [0, 0.05) is 12.1 Å². The Morgan fingerprint density at radius 3 is 2.64 bits per heavy atom. The summed E-state index contributed by atoms with van der Waals surface area (Å²) in [5.41, 5.74) is -1.61. The molecule has 1 fully saturated rings. The third-order valence-electron chi connectivity index (χ3n) is 3.50. The first kappa shape index (κ1) is 18.7. The number of piperidine rings is 1. The molecule has 0 spiro atoms. The highest BCUT2D eigenvalue weighted by Crippen LogP contribution is 2.30. The number of carbonyl (C=O) groups is 1. The molecule has 124 valence electrons. The molecule has 0 bridgehead atoms.